The summed E-state index contributed by atoms with van der Waals surface area (Å²) in [5, 5.41) is 0. The van der Waals surface area contributed by atoms with Crippen LogP contribution in [0.3, 0.4) is 0 Å². The second-order valence-electron chi connectivity index (χ2n) is 6.66. The fourth-order valence-electron chi connectivity index (χ4n) is 2.48. The fourth-order valence-corrected chi connectivity index (χ4v) is 3.34. The highest BCUT2D eigenvalue weighted by Crippen LogP contribution is 2.17. The standard InChI is InChI=1S/C15H30N2O3S/c1-13(2)5-11-17(21(4,19)20)12-8-15(18)16-9-6-14(3)7-10-16/h13-14H,5-12H2,1-4H3. The van der Waals surface area contributed by atoms with Gasteiger partial charge in [-0.3, -0.25) is 4.79 Å². The van der Waals surface area contributed by atoms with Crippen LogP contribution in [-0.2, 0) is 14.8 Å². The molecule has 5 nitrogen and oxygen atoms in total. The Morgan fingerprint density at radius 3 is 2.29 bits per heavy atom. The molecule has 6 heteroatoms. The van der Waals surface area contributed by atoms with Crippen LogP contribution in [0.2, 0.25) is 0 Å². The van der Waals surface area contributed by atoms with Crippen molar-refractivity contribution in [2.24, 2.45) is 11.8 Å². The van der Waals surface area contributed by atoms with E-state index in [2.05, 4.69) is 20.8 Å². The Balaban J connectivity index is 2.46. The monoisotopic (exact) mass is 318 g/mol. The Labute approximate surface area is 129 Å². The summed E-state index contributed by atoms with van der Waals surface area (Å²) >= 11 is 0. The van der Waals surface area contributed by atoms with Crippen LogP contribution < -0.4 is 0 Å². The molecule has 124 valence electrons. The zero-order valence-corrected chi connectivity index (χ0v) is 14.7. The zero-order valence-electron chi connectivity index (χ0n) is 13.8. The molecule has 0 saturated carbocycles. The highest BCUT2D eigenvalue weighted by molar-refractivity contribution is 7.88. The van der Waals surface area contributed by atoms with Gasteiger partial charge >= 0.3 is 0 Å². The number of sulfonamides is 1. The average Bonchev–Trinajstić information content (AvgIpc) is 2.37. The number of piperidine rings is 1. The summed E-state index contributed by atoms with van der Waals surface area (Å²) in [5.74, 6) is 1.22. The van der Waals surface area contributed by atoms with Gasteiger partial charge in [0.05, 0.1) is 6.26 Å². The summed E-state index contributed by atoms with van der Waals surface area (Å²) in [6.45, 7) is 8.77. The van der Waals surface area contributed by atoms with Gasteiger partial charge in [-0.25, -0.2) is 12.7 Å². The highest BCUT2D eigenvalue weighted by atomic mass is 32.2. The molecule has 1 saturated heterocycles. The molecular formula is C15H30N2O3S. The van der Waals surface area contributed by atoms with Crippen LogP contribution >= 0.6 is 0 Å². The maximum absolute atomic E-state index is 12.2. The van der Waals surface area contributed by atoms with Gasteiger partial charge in [0.1, 0.15) is 0 Å². The maximum atomic E-state index is 12.2. The molecule has 1 aliphatic heterocycles. The van der Waals surface area contributed by atoms with E-state index in [1.807, 2.05) is 4.90 Å². The van der Waals surface area contributed by atoms with E-state index >= 15 is 0 Å². The van der Waals surface area contributed by atoms with E-state index in [9.17, 15) is 13.2 Å². The van der Waals surface area contributed by atoms with Crippen molar-refractivity contribution < 1.29 is 13.2 Å². The summed E-state index contributed by atoms with van der Waals surface area (Å²) in [6.07, 6.45) is 4.44. The number of amides is 1. The first-order valence-electron chi connectivity index (χ1n) is 7.93. The van der Waals surface area contributed by atoms with Crippen molar-refractivity contribution >= 4 is 15.9 Å². The Hall–Kier alpha value is -0.620. The largest absolute Gasteiger partial charge is 0.343 e. The van der Waals surface area contributed by atoms with E-state index in [4.69, 9.17) is 0 Å². The van der Waals surface area contributed by atoms with Crippen LogP contribution in [0.5, 0.6) is 0 Å². The second-order valence-corrected chi connectivity index (χ2v) is 8.64. The lowest BCUT2D eigenvalue weighted by molar-refractivity contribution is -0.132. The third kappa shape index (κ3) is 6.78. The minimum Gasteiger partial charge on any atom is -0.343 e. The lowest BCUT2D eigenvalue weighted by atomic mass is 9.99. The van der Waals surface area contributed by atoms with Gasteiger partial charge in [0.15, 0.2) is 0 Å². The minimum atomic E-state index is -3.23. The first-order valence-corrected chi connectivity index (χ1v) is 9.78. The Morgan fingerprint density at radius 2 is 1.81 bits per heavy atom. The summed E-state index contributed by atoms with van der Waals surface area (Å²) in [6, 6.07) is 0. The van der Waals surface area contributed by atoms with Crippen molar-refractivity contribution in [1.82, 2.24) is 9.21 Å². The van der Waals surface area contributed by atoms with Crippen molar-refractivity contribution in [2.75, 3.05) is 32.4 Å². The van der Waals surface area contributed by atoms with Gasteiger partial charge in [0, 0.05) is 32.6 Å². The molecule has 0 unspecified atom stereocenters. The number of hydrogen-bond donors (Lipinski definition) is 0. The van der Waals surface area contributed by atoms with Crippen molar-refractivity contribution in [2.45, 2.75) is 46.5 Å². The molecular weight excluding hydrogens is 288 g/mol. The van der Waals surface area contributed by atoms with E-state index in [0.717, 1.165) is 32.4 Å². The first-order chi connectivity index (χ1) is 9.70. The summed E-state index contributed by atoms with van der Waals surface area (Å²) in [7, 11) is -3.23. The molecule has 0 aromatic rings. The molecule has 1 heterocycles. The Morgan fingerprint density at radius 1 is 1.24 bits per heavy atom. The van der Waals surface area contributed by atoms with Crippen LogP contribution in [0.25, 0.3) is 0 Å². The van der Waals surface area contributed by atoms with Crippen LogP contribution in [0.15, 0.2) is 0 Å². The predicted molar refractivity (Wildman–Crippen MR) is 85.5 cm³/mol. The minimum absolute atomic E-state index is 0.0834. The smallest absolute Gasteiger partial charge is 0.223 e. The molecule has 21 heavy (non-hydrogen) atoms. The van der Waals surface area contributed by atoms with Gasteiger partial charge in [0.25, 0.3) is 0 Å². The van der Waals surface area contributed by atoms with Crippen molar-refractivity contribution in [3.05, 3.63) is 0 Å². The maximum Gasteiger partial charge on any atom is 0.223 e. The van der Waals surface area contributed by atoms with Crippen LogP contribution in [0, 0.1) is 11.8 Å². The zero-order chi connectivity index (χ0) is 16.0. The number of carbonyl (C=O) groups is 1. The second kappa shape index (κ2) is 8.13. The van der Waals surface area contributed by atoms with E-state index in [0.29, 0.717) is 31.3 Å². The first kappa shape index (κ1) is 18.4. The summed E-state index contributed by atoms with van der Waals surface area (Å²) in [4.78, 5) is 14.1. The Bertz CT molecular complexity index is 426. The molecule has 1 aliphatic rings. The molecule has 1 amide bonds. The van der Waals surface area contributed by atoms with Crippen molar-refractivity contribution in [3.63, 3.8) is 0 Å². The van der Waals surface area contributed by atoms with Gasteiger partial charge < -0.3 is 4.90 Å². The van der Waals surface area contributed by atoms with E-state index < -0.39 is 10.0 Å². The van der Waals surface area contributed by atoms with Crippen LogP contribution in [0.1, 0.15) is 46.5 Å². The molecule has 0 aliphatic carbocycles. The van der Waals surface area contributed by atoms with Gasteiger partial charge in [-0.05, 0) is 31.1 Å². The summed E-state index contributed by atoms with van der Waals surface area (Å²) in [5.41, 5.74) is 0. The highest BCUT2D eigenvalue weighted by Gasteiger charge is 2.23. The lowest BCUT2D eigenvalue weighted by Crippen LogP contribution is -2.40. The molecule has 0 spiro atoms. The normalized spacial score (nSPS) is 17.7. The molecule has 0 aromatic heterocycles. The predicted octanol–water partition coefficient (Wildman–Crippen LogP) is 1.94. The molecule has 1 rings (SSSR count). The topological polar surface area (TPSA) is 57.7 Å². The lowest BCUT2D eigenvalue weighted by Gasteiger charge is -2.31. The van der Waals surface area contributed by atoms with Crippen molar-refractivity contribution in [1.29, 1.82) is 0 Å². The number of rotatable bonds is 7. The Kier molecular flexibility index (Phi) is 7.13. The molecule has 0 bridgehead atoms. The number of nitrogens with zero attached hydrogens (tertiary/aromatic N) is 2. The summed E-state index contributed by atoms with van der Waals surface area (Å²) < 4.78 is 25.0. The van der Waals surface area contributed by atoms with Crippen LogP contribution in [-0.4, -0.2) is 56.0 Å². The molecule has 1 fully saturated rings. The molecule has 0 atom stereocenters. The van der Waals surface area contributed by atoms with Gasteiger partial charge in [-0.1, -0.05) is 20.8 Å². The van der Waals surface area contributed by atoms with E-state index in [1.165, 1.54) is 10.6 Å². The number of hydrogen-bond acceptors (Lipinski definition) is 3. The van der Waals surface area contributed by atoms with E-state index in [-0.39, 0.29) is 5.91 Å². The molecule has 0 aromatic carbocycles. The fraction of sp³-hybridized carbons (Fsp3) is 0.933. The number of likely N-dealkylation sites (tertiary alicyclic amines) is 1. The van der Waals surface area contributed by atoms with Gasteiger partial charge in [-0.15, -0.1) is 0 Å². The van der Waals surface area contributed by atoms with Crippen LogP contribution in [0.4, 0.5) is 0 Å². The SMILES string of the molecule is CC(C)CCN(CCC(=O)N1CCC(C)CC1)S(C)(=O)=O. The molecule has 0 N–H and O–H groups in total. The third-order valence-corrected chi connectivity index (χ3v) is 5.44. The van der Waals surface area contributed by atoms with E-state index in [1.54, 1.807) is 0 Å². The quantitative estimate of drug-likeness (QED) is 0.721. The average molecular weight is 318 g/mol. The number of carbonyl (C=O) groups excluding carboxylic acids is 1. The van der Waals surface area contributed by atoms with Gasteiger partial charge in [-0.2, -0.15) is 0 Å². The van der Waals surface area contributed by atoms with Crippen molar-refractivity contribution in [3.8, 4) is 0 Å². The molecule has 0 radical (unpaired) electrons. The van der Waals surface area contributed by atoms with Gasteiger partial charge in [0.2, 0.25) is 15.9 Å². The third-order valence-electron chi connectivity index (χ3n) is 4.14.